The van der Waals surface area contributed by atoms with Crippen LogP contribution in [0.1, 0.15) is 120 Å². The smallest absolute Gasteiger partial charge is 0.309 e. The number of aliphatic carboxylic acids is 1. The van der Waals surface area contributed by atoms with E-state index in [1.54, 1.807) is 11.1 Å². The third-order valence-electron chi connectivity index (χ3n) is 7.10. The van der Waals surface area contributed by atoms with Crippen LogP contribution in [0.5, 0.6) is 0 Å². The largest absolute Gasteiger partial charge is 0.481 e. The van der Waals surface area contributed by atoms with E-state index in [4.69, 9.17) is 0 Å². The molecule has 2 nitrogen and oxygen atoms in total. The number of carbonyl (C=O) groups is 1. The molecular formula is C28H46O2. The van der Waals surface area contributed by atoms with Gasteiger partial charge in [0, 0.05) is 0 Å². The summed E-state index contributed by atoms with van der Waals surface area (Å²) in [7, 11) is 0. The van der Waals surface area contributed by atoms with Crippen molar-refractivity contribution in [1.82, 2.24) is 0 Å². The highest BCUT2D eigenvalue weighted by atomic mass is 16.4. The Morgan fingerprint density at radius 1 is 0.833 bits per heavy atom. The van der Waals surface area contributed by atoms with Gasteiger partial charge in [0.15, 0.2) is 0 Å². The molecule has 0 bridgehead atoms. The van der Waals surface area contributed by atoms with E-state index < -0.39 is 5.97 Å². The molecule has 1 aliphatic rings. The van der Waals surface area contributed by atoms with Crippen molar-refractivity contribution < 1.29 is 9.90 Å². The van der Waals surface area contributed by atoms with Crippen molar-refractivity contribution in [2.45, 2.75) is 125 Å². The third-order valence-corrected chi connectivity index (χ3v) is 7.10. The van der Waals surface area contributed by atoms with Crippen molar-refractivity contribution in [3.8, 4) is 0 Å². The zero-order valence-corrected chi connectivity index (χ0v) is 20.4. The molecule has 1 aromatic carbocycles. The van der Waals surface area contributed by atoms with Gasteiger partial charge in [0.1, 0.15) is 0 Å². The molecule has 30 heavy (non-hydrogen) atoms. The Bertz CT molecular complexity index is 677. The second kappa shape index (κ2) is 11.3. The molecule has 0 amide bonds. The number of benzene rings is 1. The van der Waals surface area contributed by atoms with Gasteiger partial charge in [0.25, 0.3) is 0 Å². The van der Waals surface area contributed by atoms with Gasteiger partial charge in [-0.3, -0.25) is 4.79 Å². The standard InChI is InChI=1S/C28H46O2/c1-22-20-24(14-10-6-8-12-16-27(3,4)5)25(21-23(22)2)15-11-7-9-13-17-28(18-19-28)26(29)30/h20-21H,6-19H2,1-5H3,(H,29,30). The maximum absolute atomic E-state index is 11.3. The molecule has 170 valence electrons. The lowest BCUT2D eigenvalue weighted by molar-refractivity contribution is -0.143. The fourth-order valence-corrected chi connectivity index (χ4v) is 4.58. The Hall–Kier alpha value is -1.31. The van der Waals surface area contributed by atoms with Crippen molar-refractivity contribution in [3.05, 3.63) is 34.4 Å². The van der Waals surface area contributed by atoms with Crippen LogP contribution in [0.3, 0.4) is 0 Å². The Labute approximate surface area is 185 Å². The van der Waals surface area contributed by atoms with Gasteiger partial charge in [-0.05, 0) is 92.9 Å². The molecule has 0 atom stereocenters. The van der Waals surface area contributed by atoms with Gasteiger partial charge in [-0.15, -0.1) is 0 Å². The van der Waals surface area contributed by atoms with E-state index in [1.807, 2.05) is 0 Å². The number of carboxylic acid groups (broad SMARTS) is 1. The van der Waals surface area contributed by atoms with Gasteiger partial charge in [0.2, 0.25) is 0 Å². The summed E-state index contributed by atoms with van der Waals surface area (Å²) in [5.41, 5.74) is 6.08. The van der Waals surface area contributed by atoms with Crippen LogP contribution in [0.2, 0.25) is 0 Å². The summed E-state index contributed by atoms with van der Waals surface area (Å²) in [6.07, 6.45) is 16.4. The molecule has 0 aromatic heterocycles. The zero-order valence-electron chi connectivity index (χ0n) is 20.4. The molecule has 2 rings (SSSR count). The van der Waals surface area contributed by atoms with Gasteiger partial charge in [0.05, 0.1) is 5.41 Å². The van der Waals surface area contributed by atoms with Gasteiger partial charge >= 0.3 is 5.97 Å². The first-order chi connectivity index (χ1) is 14.1. The van der Waals surface area contributed by atoms with E-state index in [9.17, 15) is 9.90 Å². The van der Waals surface area contributed by atoms with E-state index in [1.165, 1.54) is 75.3 Å². The molecule has 1 aromatic rings. The molecule has 1 aliphatic carbocycles. The van der Waals surface area contributed by atoms with Crippen LogP contribution in [0.25, 0.3) is 0 Å². The minimum Gasteiger partial charge on any atom is -0.481 e. The van der Waals surface area contributed by atoms with E-state index in [0.29, 0.717) is 5.41 Å². The van der Waals surface area contributed by atoms with Crippen LogP contribution in [-0.2, 0) is 17.6 Å². The number of carboxylic acids is 1. The summed E-state index contributed by atoms with van der Waals surface area (Å²) in [4.78, 5) is 11.3. The average molecular weight is 415 g/mol. The van der Waals surface area contributed by atoms with Crippen LogP contribution in [0.4, 0.5) is 0 Å². The van der Waals surface area contributed by atoms with Crippen molar-refractivity contribution in [2.75, 3.05) is 0 Å². The van der Waals surface area contributed by atoms with Crippen LogP contribution >= 0.6 is 0 Å². The molecule has 0 saturated heterocycles. The summed E-state index contributed by atoms with van der Waals surface area (Å²) in [6.45, 7) is 11.5. The zero-order chi connectivity index (χ0) is 22.2. The highest BCUT2D eigenvalue weighted by molar-refractivity contribution is 5.77. The van der Waals surface area contributed by atoms with Gasteiger partial charge in [-0.1, -0.05) is 71.4 Å². The molecule has 0 heterocycles. The number of hydrogen-bond donors (Lipinski definition) is 1. The topological polar surface area (TPSA) is 37.3 Å². The monoisotopic (exact) mass is 414 g/mol. The predicted octanol–water partition coefficient (Wildman–Crippen LogP) is 8.20. The molecule has 0 spiro atoms. The maximum atomic E-state index is 11.3. The molecule has 0 unspecified atom stereocenters. The first-order valence-corrected chi connectivity index (χ1v) is 12.5. The summed E-state index contributed by atoms with van der Waals surface area (Å²) in [5, 5.41) is 9.29. The van der Waals surface area contributed by atoms with E-state index in [2.05, 4.69) is 46.8 Å². The fraction of sp³-hybridized carbons (Fsp3) is 0.750. The van der Waals surface area contributed by atoms with Gasteiger partial charge < -0.3 is 5.11 Å². The third kappa shape index (κ3) is 8.44. The van der Waals surface area contributed by atoms with Crippen LogP contribution in [0, 0.1) is 24.7 Å². The molecule has 2 heteroatoms. The highest BCUT2D eigenvalue weighted by Crippen LogP contribution is 2.50. The van der Waals surface area contributed by atoms with Gasteiger partial charge in [-0.25, -0.2) is 0 Å². The average Bonchev–Trinajstić information content (AvgIpc) is 3.44. The molecular weight excluding hydrogens is 368 g/mol. The van der Waals surface area contributed by atoms with E-state index in [-0.39, 0.29) is 5.41 Å². The lowest BCUT2D eigenvalue weighted by Gasteiger charge is -2.17. The Balaban J connectivity index is 1.71. The first kappa shape index (κ1) is 25.0. The van der Waals surface area contributed by atoms with E-state index >= 15 is 0 Å². The minimum atomic E-state index is -0.569. The number of rotatable bonds is 14. The van der Waals surface area contributed by atoms with Crippen molar-refractivity contribution >= 4 is 5.97 Å². The first-order valence-electron chi connectivity index (χ1n) is 12.5. The molecule has 1 saturated carbocycles. The number of hydrogen-bond acceptors (Lipinski definition) is 1. The van der Waals surface area contributed by atoms with Crippen molar-refractivity contribution in [3.63, 3.8) is 0 Å². The summed E-state index contributed by atoms with van der Waals surface area (Å²) >= 11 is 0. The Kier molecular flexibility index (Phi) is 9.44. The van der Waals surface area contributed by atoms with E-state index in [0.717, 1.165) is 25.7 Å². The highest BCUT2D eigenvalue weighted by Gasteiger charge is 2.49. The fourth-order valence-electron chi connectivity index (χ4n) is 4.58. The van der Waals surface area contributed by atoms with Crippen molar-refractivity contribution in [2.24, 2.45) is 10.8 Å². The summed E-state index contributed by atoms with van der Waals surface area (Å²) in [6, 6.07) is 4.86. The lowest BCUT2D eigenvalue weighted by Crippen LogP contribution is -2.14. The van der Waals surface area contributed by atoms with Gasteiger partial charge in [-0.2, -0.15) is 0 Å². The molecule has 1 fully saturated rings. The molecule has 0 radical (unpaired) electrons. The Morgan fingerprint density at radius 2 is 1.30 bits per heavy atom. The number of unbranched alkanes of at least 4 members (excludes halogenated alkanes) is 6. The Morgan fingerprint density at radius 3 is 1.73 bits per heavy atom. The van der Waals surface area contributed by atoms with Crippen LogP contribution in [0.15, 0.2) is 12.1 Å². The van der Waals surface area contributed by atoms with Crippen LogP contribution < -0.4 is 0 Å². The number of aryl methyl sites for hydroxylation is 4. The van der Waals surface area contributed by atoms with Crippen molar-refractivity contribution in [1.29, 1.82) is 0 Å². The molecule has 0 aliphatic heterocycles. The summed E-state index contributed by atoms with van der Waals surface area (Å²) in [5.74, 6) is -0.569. The maximum Gasteiger partial charge on any atom is 0.309 e. The molecule has 1 N–H and O–H groups in total. The predicted molar refractivity (Wildman–Crippen MR) is 128 cm³/mol. The SMILES string of the molecule is Cc1cc(CCCCCCC(C)(C)C)c(CCCCCCC2(C(=O)O)CC2)cc1C. The second-order valence-electron chi connectivity index (χ2n) is 11.2. The second-order valence-corrected chi connectivity index (χ2v) is 11.2. The summed E-state index contributed by atoms with van der Waals surface area (Å²) < 4.78 is 0. The minimum absolute atomic E-state index is 0.339. The quantitative estimate of drug-likeness (QED) is 0.311. The normalized spacial score (nSPS) is 15.4. The van der Waals surface area contributed by atoms with Crippen LogP contribution in [-0.4, -0.2) is 11.1 Å². The lowest BCUT2D eigenvalue weighted by atomic mass is 9.89.